The van der Waals surface area contributed by atoms with E-state index in [-0.39, 0.29) is 6.04 Å². The minimum absolute atomic E-state index is 0.153. The number of rotatable bonds is 3. The molecule has 1 aromatic heterocycles. The fourth-order valence-electron chi connectivity index (χ4n) is 1.95. The number of hydrogen-bond donors (Lipinski definition) is 1. The number of nitrogens with one attached hydrogen (secondary N) is 1. The summed E-state index contributed by atoms with van der Waals surface area (Å²) in [5, 5.41) is 3.31. The molecule has 16 heavy (non-hydrogen) atoms. The van der Waals surface area contributed by atoms with Crippen molar-refractivity contribution in [3.63, 3.8) is 0 Å². The van der Waals surface area contributed by atoms with Gasteiger partial charge in [-0.05, 0) is 19.5 Å². The number of hydrogen-bond acceptors (Lipinski definition) is 2. The Morgan fingerprint density at radius 3 is 2.75 bits per heavy atom. The first kappa shape index (κ1) is 10.9. The molecule has 0 aliphatic rings. The average Bonchev–Trinajstić information content (AvgIpc) is 2.67. The molecule has 0 spiro atoms. The van der Waals surface area contributed by atoms with Gasteiger partial charge in [-0.15, -0.1) is 0 Å². The quantitative estimate of drug-likeness (QED) is 0.849. The highest BCUT2D eigenvalue weighted by Gasteiger charge is 2.15. The maximum atomic E-state index is 4.39. The van der Waals surface area contributed by atoms with Crippen LogP contribution in [0.25, 0.3) is 0 Å². The van der Waals surface area contributed by atoms with Gasteiger partial charge in [0.1, 0.15) is 5.82 Å². The van der Waals surface area contributed by atoms with E-state index in [9.17, 15) is 0 Å². The Morgan fingerprint density at radius 1 is 1.38 bits per heavy atom. The van der Waals surface area contributed by atoms with Crippen LogP contribution < -0.4 is 5.32 Å². The lowest BCUT2D eigenvalue weighted by molar-refractivity contribution is 0.617. The highest BCUT2D eigenvalue weighted by Crippen LogP contribution is 2.20. The molecule has 2 rings (SSSR count). The molecule has 1 aromatic carbocycles. The van der Waals surface area contributed by atoms with Gasteiger partial charge in [-0.2, -0.15) is 0 Å². The highest BCUT2D eigenvalue weighted by atomic mass is 15.1. The maximum Gasteiger partial charge on any atom is 0.130 e. The third-order valence-electron chi connectivity index (χ3n) is 2.78. The fourth-order valence-corrected chi connectivity index (χ4v) is 1.95. The van der Waals surface area contributed by atoms with Crippen LogP contribution in [0, 0.1) is 6.92 Å². The molecule has 1 atom stereocenters. The van der Waals surface area contributed by atoms with Crippen LogP contribution in [0.5, 0.6) is 0 Å². The summed E-state index contributed by atoms with van der Waals surface area (Å²) >= 11 is 0. The number of aromatic nitrogens is 2. The SMILES string of the molecule is CNC(c1cccc(C)c1)c1nccn1C. The molecule has 0 saturated heterocycles. The molecule has 3 nitrogen and oxygen atoms in total. The Kier molecular flexibility index (Phi) is 3.06. The molecule has 0 saturated carbocycles. The molecule has 1 heterocycles. The number of benzene rings is 1. The molecule has 0 amide bonds. The van der Waals surface area contributed by atoms with Crippen molar-refractivity contribution in [2.75, 3.05) is 7.05 Å². The van der Waals surface area contributed by atoms with E-state index in [1.165, 1.54) is 11.1 Å². The Morgan fingerprint density at radius 2 is 2.19 bits per heavy atom. The van der Waals surface area contributed by atoms with E-state index in [0.29, 0.717) is 0 Å². The van der Waals surface area contributed by atoms with E-state index in [0.717, 1.165) is 5.82 Å². The average molecular weight is 215 g/mol. The molecular weight excluding hydrogens is 198 g/mol. The summed E-state index contributed by atoms with van der Waals surface area (Å²) in [6.07, 6.45) is 3.80. The molecule has 0 fully saturated rings. The molecule has 1 unspecified atom stereocenters. The molecule has 0 aliphatic heterocycles. The van der Waals surface area contributed by atoms with Crippen molar-refractivity contribution < 1.29 is 0 Å². The summed E-state index contributed by atoms with van der Waals surface area (Å²) in [6, 6.07) is 8.66. The summed E-state index contributed by atoms with van der Waals surface area (Å²) in [5.41, 5.74) is 2.52. The number of nitrogens with zero attached hydrogens (tertiary/aromatic N) is 2. The van der Waals surface area contributed by atoms with Crippen LogP contribution in [0.1, 0.15) is 23.0 Å². The number of aryl methyl sites for hydroxylation is 2. The van der Waals surface area contributed by atoms with Gasteiger partial charge < -0.3 is 9.88 Å². The van der Waals surface area contributed by atoms with E-state index in [4.69, 9.17) is 0 Å². The van der Waals surface area contributed by atoms with E-state index in [1.807, 2.05) is 31.1 Å². The first-order valence-corrected chi connectivity index (χ1v) is 5.43. The first-order valence-electron chi connectivity index (χ1n) is 5.43. The minimum Gasteiger partial charge on any atom is -0.336 e. The summed E-state index contributed by atoms with van der Waals surface area (Å²) in [5.74, 6) is 1.04. The van der Waals surface area contributed by atoms with Crippen molar-refractivity contribution in [3.8, 4) is 0 Å². The lowest BCUT2D eigenvalue weighted by Crippen LogP contribution is -2.21. The van der Waals surface area contributed by atoms with Crippen molar-refractivity contribution in [3.05, 3.63) is 53.6 Å². The summed E-state index contributed by atoms with van der Waals surface area (Å²) in [7, 11) is 3.98. The molecule has 0 radical (unpaired) electrons. The lowest BCUT2D eigenvalue weighted by Gasteiger charge is -2.16. The molecule has 2 aromatic rings. The monoisotopic (exact) mass is 215 g/mol. The zero-order valence-electron chi connectivity index (χ0n) is 9.94. The lowest BCUT2D eigenvalue weighted by atomic mass is 10.0. The second kappa shape index (κ2) is 4.49. The van der Waals surface area contributed by atoms with Crippen molar-refractivity contribution in [2.45, 2.75) is 13.0 Å². The Bertz CT molecular complexity index is 474. The zero-order valence-corrected chi connectivity index (χ0v) is 9.94. The Balaban J connectivity index is 2.40. The second-order valence-corrected chi connectivity index (χ2v) is 4.03. The topological polar surface area (TPSA) is 29.9 Å². The van der Waals surface area contributed by atoms with Crippen LogP contribution in [-0.4, -0.2) is 16.6 Å². The van der Waals surface area contributed by atoms with E-state index in [1.54, 1.807) is 0 Å². The third-order valence-corrected chi connectivity index (χ3v) is 2.78. The summed E-state index contributed by atoms with van der Waals surface area (Å²) in [6.45, 7) is 2.11. The maximum absolute atomic E-state index is 4.39. The van der Waals surface area contributed by atoms with Crippen LogP contribution in [0.3, 0.4) is 0 Å². The van der Waals surface area contributed by atoms with Crippen LogP contribution in [0.4, 0.5) is 0 Å². The molecular formula is C13H17N3. The van der Waals surface area contributed by atoms with Gasteiger partial charge in [0.15, 0.2) is 0 Å². The van der Waals surface area contributed by atoms with Crippen molar-refractivity contribution in [1.29, 1.82) is 0 Å². The van der Waals surface area contributed by atoms with E-state index >= 15 is 0 Å². The van der Waals surface area contributed by atoms with Gasteiger partial charge in [0.05, 0.1) is 6.04 Å². The highest BCUT2D eigenvalue weighted by molar-refractivity contribution is 5.29. The van der Waals surface area contributed by atoms with Crippen LogP contribution >= 0.6 is 0 Å². The predicted molar refractivity (Wildman–Crippen MR) is 65.3 cm³/mol. The van der Waals surface area contributed by atoms with Crippen molar-refractivity contribution >= 4 is 0 Å². The van der Waals surface area contributed by atoms with Crippen LogP contribution in [0.15, 0.2) is 36.7 Å². The van der Waals surface area contributed by atoms with Gasteiger partial charge in [-0.1, -0.05) is 29.8 Å². The Labute approximate surface area is 96.1 Å². The summed E-state index contributed by atoms with van der Waals surface area (Å²) in [4.78, 5) is 4.39. The zero-order chi connectivity index (χ0) is 11.5. The molecule has 0 aliphatic carbocycles. The van der Waals surface area contributed by atoms with Crippen molar-refractivity contribution in [2.24, 2.45) is 7.05 Å². The van der Waals surface area contributed by atoms with Crippen LogP contribution in [-0.2, 0) is 7.05 Å². The van der Waals surface area contributed by atoms with Crippen LogP contribution in [0.2, 0.25) is 0 Å². The molecule has 3 heteroatoms. The smallest absolute Gasteiger partial charge is 0.130 e. The van der Waals surface area contributed by atoms with Gasteiger partial charge in [0, 0.05) is 19.4 Å². The van der Waals surface area contributed by atoms with Crippen molar-refractivity contribution in [1.82, 2.24) is 14.9 Å². The third kappa shape index (κ3) is 1.99. The molecule has 84 valence electrons. The standard InChI is InChI=1S/C13H17N3/c1-10-5-4-6-11(9-10)12(14-2)13-15-7-8-16(13)3/h4-9,12,14H,1-3H3. The number of imidazole rings is 1. The van der Waals surface area contributed by atoms with Gasteiger partial charge in [0.2, 0.25) is 0 Å². The largest absolute Gasteiger partial charge is 0.336 e. The second-order valence-electron chi connectivity index (χ2n) is 4.03. The fraction of sp³-hybridized carbons (Fsp3) is 0.308. The van der Waals surface area contributed by atoms with E-state index < -0.39 is 0 Å². The first-order chi connectivity index (χ1) is 7.72. The van der Waals surface area contributed by atoms with Gasteiger partial charge in [-0.3, -0.25) is 0 Å². The van der Waals surface area contributed by atoms with E-state index in [2.05, 4.69) is 41.5 Å². The molecule has 0 bridgehead atoms. The predicted octanol–water partition coefficient (Wildman–Crippen LogP) is 2.04. The van der Waals surface area contributed by atoms with Gasteiger partial charge in [-0.25, -0.2) is 4.98 Å². The normalized spacial score (nSPS) is 12.7. The summed E-state index contributed by atoms with van der Waals surface area (Å²) < 4.78 is 2.05. The molecule has 1 N–H and O–H groups in total. The van der Waals surface area contributed by atoms with Gasteiger partial charge in [0.25, 0.3) is 0 Å². The van der Waals surface area contributed by atoms with Gasteiger partial charge >= 0.3 is 0 Å². The Hall–Kier alpha value is -1.61. The minimum atomic E-state index is 0.153.